The van der Waals surface area contributed by atoms with Crippen molar-refractivity contribution >= 4 is 11.6 Å². The molecule has 0 aliphatic rings. The number of ether oxygens (including phenoxy) is 1. The summed E-state index contributed by atoms with van der Waals surface area (Å²) in [5.41, 5.74) is 1.97. The van der Waals surface area contributed by atoms with Gasteiger partial charge in [-0.2, -0.15) is 5.26 Å². The molecule has 0 spiro atoms. The standard InChI is InChI=1S/C16H8ClF3N4O/c17-12-5-10(4-11(6-12)15-14(8-21)22-24-23-15)9-2-1-3-13(7-9)25-16(18,19)20/h1-7H,(H,22,23,24). The number of nitrogens with one attached hydrogen (secondary N) is 1. The largest absolute Gasteiger partial charge is 0.573 e. The second kappa shape index (κ2) is 6.45. The molecule has 0 amide bonds. The Morgan fingerprint density at radius 2 is 1.84 bits per heavy atom. The zero-order chi connectivity index (χ0) is 18.0. The molecule has 9 heteroatoms. The van der Waals surface area contributed by atoms with E-state index in [0.29, 0.717) is 27.4 Å². The maximum absolute atomic E-state index is 12.4. The number of benzene rings is 2. The molecule has 126 valence electrons. The lowest BCUT2D eigenvalue weighted by Crippen LogP contribution is -2.17. The van der Waals surface area contributed by atoms with Crippen molar-refractivity contribution in [1.29, 1.82) is 5.26 Å². The summed E-state index contributed by atoms with van der Waals surface area (Å²) in [4.78, 5) is 0. The number of alkyl halides is 3. The second-order valence-corrected chi connectivity index (χ2v) is 5.39. The Morgan fingerprint density at radius 3 is 2.56 bits per heavy atom. The van der Waals surface area contributed by atoms with Crippen LogP contribution in [0, 0.1) is 11.3 Å². The molecule has 1 heterocycles. The predicted octanol–water partition coefficient (Wildman–Crippen LogP) is 4.56. The number of hydrogen-bond acceptors (Lipinski definition) is 4. The third-order valence-corrected chi connectivity index (χ3v) is 3.45. The summed E-state index contributed by atoms with van der Waals surface area (Å²) < 4.78 is 41.1. The highest BCUT2D eigenvalue weighted by Crippen LogP contribution is 2.33. The highest BCUT2D eigenvalue weighted by atomic mass is 35.5. The molecule has 2 aromatic carbocycles. The first kappa shape index (κ1) is 16.8. The molecule has 0 atom stereocenters. The van der Waals surface area contributed by atoms with Gasteiger partial charge in [-0.1, -0.05) is 28.9 Å². The van der Waals surface area contributed by atoms with E-state index in [4.69, 9.17) is 16.9 Å². The number of aromatic amines is 1. The normalized spacial score (nSPS) is 11.2. The molecule has 0 aliphatic carbocycles. The summed E-state index contributed by atoms with van der Waals surface area (Å²) in [6.45, 7) is 0. The number of rotatable bonds is 3. The Morgan fingerprint density at radius 1 is 1.08 bits per heavy atom. The molecule has 25 heavy (non-hydrogen) atoms. The fraction of sp³-hybridized carbons (Fsp3) is 0.0625. The van der Waals surface area contributed by atoms with E-state index in [1.807, 2.05) is 6.07 Å². The summed E-state index contributed by atoms with van der Waals surface area (Å²) in [6, 6.07) is 12.2. The van der Waals surface area contributed by atoms with Crippen molar-refractivity contribution in [1.82, 2.24) is 15.4 Å². The average molecular weight is 365 g/mol. The second-order valence-electron chi connectivity index (χ2n) is 4.95. The van der Waals surface area contributed by atoms with Crippen molar-refractivity contribution in [2.24, 2.45) is 0 Å². The van der Waals surface area contributed by atoms with E-state index < -0.39 is 6.36 Å². The first-order chi connectivity index (χ1) is 11.9. The van der Waals surface area contributed by atoms with Crippen LogP contribution in [0.4, 0.5) is 13.2 Å². The summed E-state index contributed by atoms with van der Waals surface area (Å²) in [6.07, 6.45) is -4.78. The van der Waals surface area contributed by atoms with Crippen LogP contribution in [0.5, 0.6) is 5.75 Å². The Bertz CT molecular complexity index is 962. The van der Waals surface area contributed by atoms with E-state index in [2.05, 4.69) is 20.1 Å². The number of nitriles is 1. The molecule has 3 aromatic rings. The molecule has 0 unspecified atom stereocenters. The zero-order valence-electron chi connectivity index (χ0n) is 12.3. The van der Waals surface area contributed by atoms with Crippen molar-refractivity contribution in [3.05, 3.63) is 53.2 Å². The SMILES string of the molecule is N#Cc1[nH]nnc1-c1cc(Cl)cc(-c2cccc(OC(F)(F)F)c2)c1. The van der Waals surface area contributed by atoms with Gasteiger partial charge in [0.15, 0.2) is 5.69 Å². The number of nitrogens with zero attached hydrogens (tertiary/aromatic N) is 3. The van der Waals surface area contributed by atoms with E-state index in [0.717, 1.165) is 0 Å². The van der Waals surface area contributed by atoms with Crippen molar-refractivity contribution in [3.8, 4) is 34.2 Å². The van der Waals surface area contributed by atoms with Crippen LogP contribution in [0.25, 0.3) is 22.4 Å². The fourth-order valence-electron chi connectivity index (χ4n) is 2.27. The maximum Gasteiger partial charge on any atom is 0.573 e. The van der Waals surface area contributed by atoms with Gasteiger partial charge in [-0.3, -0.25) is 0 Å². The summed E-state index contributed by atoms with van der Waals surface area (Å²) in [7, 11) is 0. The van der Waals surface area contributed by atoms with Gasteiger partial charge in [-0.05, 0) is 41.5 Å². The molecule has 0 saturated carbocycles. The lowest BCUT2D eigenvalue weighted by molar-refractivity contribution is -0.274. The Labute approximate surface area is 144 Å². The first-order valence-electron chi connectivity index (χ1n) is 6.84. The van der Waals surface area contributed by atoms with Crippen LogP contribution >= 0.6 is 11.6 Å². The monoisotopic (exact) mass is 364 g/mol. The van der Waals surface area contributed by atoms with Crippen LogP contribution in [0.1, 0.15) is 5.69 Å². The number of hydrogen-bond donors (Lipinski definition) is 1. The minimum atomic E-state index is -4.78. The van der Waals surface area contributed by atoms with Crippen LogP contribution in [-0.2, 0) is 0 Å². The molecule has 1 aromatic heterocycles. The fourth-order valence-corrected chi connectivity index (χ4v) is 2.51. The Balaban J connectivity index is 2.04. The van der Waals surface area contributed by atoms with Crippen molar-refractivity contribution in [3.63, 3.8) is 0 Å². The minimum Gasteiger partial charge on any atom is -0.406 e. The first-order valence-corrected chi connectivity index (χ1v) is 7.22. The lowest BCUT2D eigenvalue weighted by atomic mass is 10.0. The number of H-pyrrole nitrogens is 1. The summed E-state index contributed by atoms with van der Waals surface area (Å²) >= 11 is 6.11. The highest BCUT2D eigenvalue weighted by Gasteiger charge is 2.31. The van der Waals surface area contributed by atoms with Gasteiger partial charge < -0.3 is 4.74 Å². The quantitative estimate of drug-likeness (QED) is 0.739. The number of aromatic nitrogens is 3. The van der Waals surface area contributed by atoms with Crippen LogP contribution in [0.15, 0.2) is 42.5 Å². The van der Waals surface area contributed by atoms with Gasteiger partial charge in [0.05, 0.1) is 0 Å². The van der Waals surface area contributed by atoms with Crippen LogP contribution in [0.2, 0.25) is 5.02 Å². The van der Waals surface area contributed by atoms with E-state index in [-0.39, 0.29) is 11.4 Å². The summed E-state index contributed by atoms with van der Waals surface area (Å²) in [5.74, 6) is -0.342. The predicted molar refractivity (Wildman–Crippen MR) is 83.7 cm³/mol. The molecular weight excluding hydrogens is 357 g/mol. The minimum absolute atomic E-state index is 0.155. The van der Waals surface area contributed by atoms with Gasteiger partial charge in [-0.15, -0.1) is 18.3 Å². The third-order valence-electron chi connectivity index (χ3n) is 3.23. The van der Waals surface area contributed by atoms with E-state index >= 15 is 0 Å². The van der Waals surface area contributed by atoms with E-state index in [1.165, 1.54) is 18.2 Å². The molecule has 5 nitrogen and oxygen atoms in total. The Kier molecular flexibility index (Phi) is 4.33. The van der Waals surface area contributed by atoms with Gasteiger partial charge in [0.2, 0.25) is 0 Å². The molecule has 0 saturated heterocycles. The summed E-state index contributed by atoms with van der Waals surface area (Å²) in [5, 5.41) is 19.3. The van der Waals surface area contributed by atoms with Crippen molar-refractivity contribution in [2.45, 2.75) is 6.36 Å². The smallest absolute Gasteiger partial charge is 0.406 e. The van der Waals surface area contributed by atoms with E-state index in [9.17, 15) is 13.2 Å². The Hall–Kier alpha value is -3.05. The van der Waals surface area contributed by atoms with Crippen LogP contribution in [0.3, 0.4) is 0 Å². The molecular formula is C16H8ClF3N4O. The maximum atomic E-state index is 12.4. The van der Waals surface area contributed by atoms with Gasteiger partial charge in [-0.25, -0.2) is 5.10 Å². The van der Waals surface area contributed by atoms with Gasteiger partial charge >= 0.3 is 6.36 Å². The number of halogens is 4. The molecule has 0 aliphatic heterocycles. The van der Waals surface area contributed by atoms with Gasteiger partial charge in [0.25, 0.3) is 0 Å². The molecule has 0 radical (unpaired) electrons. The molecule has 1 N–H and O–H groups in total. The van der Waals surface area contributed by atoms with Crippen LogP contribution < -0.4 is 4.74 Å². The molecule has 0 fully saturated rings. The lowest BCUT2D eigenvalue weighted by Gasteiger charge is -2.11. The van der Waals surface area contributed by atoms with Crippen LogP contribution in [-0.4, -0.2) is 21.8 Å². The van der Waals surface area contributed by atoms with Crippen molar-refractivity contribution in [2.75, 3.05) is 0 Å². The molecule has 0 bridgehead atoms. The topological polar surface area (TPSA) is 74.6 Å². The van der Waals surface area contributed by atoms with Gasteiger partial charge in [0, 0.05) is 10.6 Å². The van der Waals surface area contributed by atoms with Gasteiger partial charge in [0.1, 0.15) is 17.5 Å². The highest BCUT2D eigenvalue weighted by molar-refractivity contribution is 6.31. The van der Waals surface area contributed by atoms with E-state index in [1.54, 1.807) is 24.3 Å². The molecule has 3 rings (SSSR count). The third kappa shape index (κ3) is 3.89. The van der Waals surface area contributed by atoms with Crippen molar-refractivity contribution < 1.29 is 17.9 Å². The average Bonchev–Trinajstić information content (AvgIpc) is 3.01. The zero-order valence-corrected chi connectivity index (χ0v) is 13.1.